The van der Waals surface area contributed by atoms with Crippen molar-refractivity contribution in [3.05, 3.63) is 6.42 Å². The summed E-state index contributed by atoms with van der Waals surface area (Å²) in [7, 11) is 0. The first-order valence-corrected chi connectivity index (χ1v) is 3.32. The molecule has 2 atom stereocenters. The van der Waals surface area contributed by atoms with Crippen LogP contribution in [0.1, 0.15) is 25.7 Å². The second-order valence-corrected chi connectivity index (χ2v) is 2.80. The third-order valence-corrected chi connectivity index (χ3v) is 2.23. The van der Waals surface area contributed by atoms with E-state index in [9.17, 15) is 0 Å². The fraction of sp³-hybridized carbons (Fsp3) is 0.857. The number of rotatable bonds is 0. The molecule has 0 saturated heterocycles. The molecule has 0 unspecified atom stereocenters. The molecule has 8 heavy (non-hydrogen) atoms. The molecule has 0 spiro atoms. The molecule has 2 saturated carbocycles. The second-order valence-electron chi connectivity index (χ2n) is 2.80. The van der Waals surface area contributed by atoms with Crippen LogP contribution in [0.3, 0.4) is 0 Å². The monoisotopic (exact) mass is 102 g/mol. The molecule has 0 N–H and O–H groups in total. The fourth-order valence-electron chi connectivity index (χ4n) is 1.63. The molecule has 0 bridgehead atoms. The Morgan fingerprint density at radius 1 is 1.00 bits per heavy atom. The predicted octanol–water partition coefficient (Wildman–Crippen LogP) is -0.985. The minimum atomic E-state index is 0. The largest absolute Gasteiger partial charge is 1.00 e. The van der Waals surface area contributed by atoms with Crippen LogP contribution < -0.4 is 18.9 Å². The average Bonchev–Trinajstić information content (AvgIpc) is 2.41. The smallest absolute Gasteiger partial charge is 0.327 e. The van der Waals surface area contributed by atoms with Crippen LogP contribution in [0.4, 0.5) is 0 Å². The zero-order valence-corrected chi connectivity index (χ0v) is 5.56. The van der Waals surface area contributed by atoms with Crippen LogP contribution >= 0.6 is 0 Å². The van der Waals surface area contributed by atoms with Gasteiger partial charge in [-0.05, 0) is 0 Å². The molecular formula is C7H11Li. The normalized spacial score (nSPS) is 42.0. The van der Waals surface area contributed by atoms with Gasteiger partial charge in [0.15, 0.2) is 0 Å². The van der Waals surface area contributed by atoms with Crippen molar-refractivity contribution in [3.8, 4) is 0 Å². The predicted molar refractivity (Wildman–Crippen MR) is 29.7 cm³/mol. The van der Waals surface area contributed by atoms with Crippen LogP contribution in [-0.4, -0.2) is 0 Å². The van der Waals surface area contributed by atoms with Gasteiger partial charge in [0.05, 0.1) is 0 Å². The Bertz CT molecular complexity index is 70.5. The second kappa shape index (κ2) is 2.46. The summed E-state index contributed by atoms with van der Waals surface area (Å²) >= 11 is 0. The van der Waals surface area contributed by atoms with Crippen LogP contribution in [0.5, 0.6) is 0 Å². The molecule has 40 valence electrons. The zero-order valence-electron chi connectivity index (χ0n) is 5.56. The summed E-state index contributed by atoms with van der Waals surface area (Å²) in [4.78, 5) is 0. The van der Waals surface area contributed by atoms with Crippen molar-refractivity contribution in [2.45, 2.75) is 25.7 Å². The van der Waals surface area contributed by atoms with E-state index in [2.05, 4.69) is 6.42 Å². The Balaban J connectivity index is 0.000000320. The van der Waals surface area contributed by atoms with Crippen molar-refractivity contribution >= 4 is 0 Å². The van der Waals surface area contributed by atoms with E-state index in [1.54, 1.807) is 0 Å². The molecule has 0 aromatic carbocycles. The molecule has 0 aliphatic heterocycles. The Hall–Kier alpha value is 0.597. The molecule has 0 heterocycles. The van der Waals surface area contributed by atoms with Crippen LogP contribution in [0.2, 0.25) is 0 Å². The van der Waals surface area contributed by atoms with Crippen LogP contribution in [0, 0.1) is 18.3 Å². The van der Waals surface area contributed by atoms with Crippen molar-refractivity contribution in [3.63, 3.8) is 0 Å². The van der Waals surface area contributed by atoms with E-state index in [1.807, 2.05) is 0 Å². The molecular weight excluding hydrogens is 91.0 g/mol. The Morgan fingerprint density at radius 2 is 1.50 bits per heavy atom. The molecule has 0 aromatic heterocycles. The van der Waals surface area contributed by atoms with Crippen molar-refractivity contribution < 1.29 is 18.9 Å². The maximum atomic E-state index is 2.51. The van der Waals surface area contributed by atoms with Crippen molar-refractivity contribution in [1.82, 2.24) is 0 Å². The minimum absolute atomic E-state index is 0. The quantitative estimate of drug-likeness (QED) is 0.272. The zero-order chi connectivity index (χ0) is 4.69. The van der Waals surface area contributed by atoms with Gasteiger partial charge in [0.25, 0.3) is 0 Å². The van der Waals surface area contributed by atoms with E-state index in [0.717, 1.165) is 11.8 Å². The van der Waals surface area contributed by atoms with Crippen LogP contribution in [0.25, 0.3) is 0 Å². The van der Waals surface area contributed by atoms with E-state index >= 15 is 0 Å². The molecule has 0 nitrogen and oxygen atoms in total. The Kier molecular flexibility index (Phi) is 2.06. The van der Waals surface area contributed by atoms with Gasteiger partial charge < -0.3 is 6.42 Å². The van der Waals surface area contributed by atoms with Crippen molar-refractivity contribution in [2.75, 3.05) is 0 Å². The number of hydrogen-bond donors (Lipinski definition) is 0. The van der Waals surface area contributed by atoms with Crippen LogP contribution in [0.15, 0.2) is 0 Å². The minimum Gasteiger partial charge on any atom is -0.327 e. The van der Waals surface area contributed by atoms with E-state index < -0.39 is 0 Å². The van der Waals surface area contributed by atoms with E-state index in [1.165, 1.54) is 25.7 Å². The summed E-state index contributed by atoms with van der Waals surface area (Å²) < 4.78 is 0. The summed E-state index contributed by atoms with van der Waals surface area (Å²) in [6.07, 6.45) is 8.51. The first-order chi connectivity index (χ1) is 3.47. The number of hydrogen-bond acceptors (Lipinski definition) is 0. The molecule has 2 aliphatic carbocycles. The summed E-state index contributed by atoms with van der Waals surface area (Å²) in [5.41, 5.74) is 0. The third kappa shape index (κ3) is 1.12. The number of fused-ring (bicyclic) bond motifs is 1. The van der Waals surface area contributed by atoms with Gasteiger partial charge >= 0.3 is 18.9 Å². The van der Waals surface area contributed by atoms with E-state index in [-0.39, 0.29) is 18.9 Å². The summed E-state index contributed by atoms with van der Waals surface area (Å²) in [5, 5.41) is 0. The van der Waals surface area contributed by atoms with Gasteiger partial charge in [0.2, 0.25) is 0 Å². The van der Waals surface area contributed by atoms with Gasteiger partial charge in [-0.1, -0.05) is 25.7 Å². The van der Waals surface area contributed by atoms with Crippen molar-refractivity contribution in [1.29, 1.82) is 0 Å². The van der Waals surface area contributed by atoms with E-state index in [0.29, 0.717) is 0 Å². The van der Waals surface area contributed by atoms with Crippen molar-refractivity contribution in [2.24, 2.45) is 11.8 Å². The van der Waals surface area contributed by atoms with Gasteiger partial charge in [0, 0.05) is 0 Å². The van der Waals surface area contributed by atoms with E-state index in [4.69, 9.17) is 0 Å². The fourth-order valence-corrected chi connectivity index (χ4v) is 1.63. The molecule has 2 fully saturated rings. The average molecular weight is 102 g/mol. The maximum Gasteiger partial charge on any atom is 1.00 e. The molecule has 0 amide bonds. The third-order valence-electron chi connectivity index (χ3n) is 2.23. The maximum absolute atomic E-state index is 2.51. The van der Waals surface area contributed by atoms with Gasteiger partial charge in [-0.25, -0.2) is 0 Å². The molecule has 0 radical (unpaired) electrons. The van der Waals surface area contributed by atoms with Gasteiger partial charge in [-0.15, -0.1) is 0 Å². The summed E-state index contributed by atoms with van der Waals surface area (Å²) in [6, 6.07) is 0. The standard InChI is InChI=1S/C7H11.Li/c1-2-4-7-5-6(7)3-1;/h5-7H,1-4H2;/q-1;+1/t6-,7+;. The molecule has 2 rings (SSSR count). The molecule has 0 aromatic rings. The van der Waals surface area contributed by atoms with Crippen LogP contribution in [-0.2, 0) is 0 Å². The summed E-state index contributed by atoms with van der Waals surface area (Å²) in [5.74, 6) is 2.16. The first kappa shape index (κ1) is 6.71. The Morgan fingerprint density at radius 3 is 1.88 bits per heavy atom. The first-order valence-electron chi connectivity index (χ1n) is 3.32. The summed E-state index contributed by atoms with van der Waals surface area (Å²) in [6.45, 7) is 0. The van der Waals surface area contributed by atoms with Gasteiger partial charge in [-0.2, -0.15) is 11.8 Å². The Labute approximate surface area is 63.2 Å². The van der Waals surface area contributed by atoms with Gasteiger partial charge in [-0.3, -0.25) is 0 Å². The topological polar surface area (TPSA) is 0 Å². The van der Waals surface area contributed by atoms with Gasteiger partial charge in [0.1, 0.15) is 0 Å². The SMILES string of the molecule is [CH-]1[C@@H]2CCCC[C@H]12.[Li+]. The molecule has 1 heteroatoms. The molecule has 2 aliphatic rings.